The molecule has 0 atom stereocenters. The summed E-state index contributed by atoms with van der Waals surface area (Å²) in [6.45, 7) is 0. The number of imidazole rings is 1. The van der Waals surface area contributed by atoms with Crippen LogP contribution in [0.15, 0.2) is 42.5 Å². The first kappa shape index (κ1) is 12.2. The molecule has 1 aromatic heterocycles. The number of benzene rings is 2. The molecule has 4 nitrogen and oxygen atoms in total. The lowest BCUT2D eigenvalue weighted by molar-refractivity contribution is 0.629. The number of nitriles is 1. The van der Waals surface area contributed by atoms with Crippen LogP contribution in [0.1, 0.15) is 5.56 Å². The number of fused-ring (bicyclic) bond motifs is 1. The highest BCUT2D eigenvalue weighted by Crippen LogP contribution is 2.23. The van der Waals surface area contributed by atoms with Crippen molar-refractivity contribution < 1.29 is 4.39 Å². The van der Waals surface area contributed by atoms with Crippen LogP contribution in [0.4, 0.5) is 10.3 Å². The van der Waals surface area contributed by atoms with Crippen molar-refractivity contribution in [3.05, 3.63) is 53.8 Å². The highest BCUT2D eigenvalue weighted by atomic mass is 19.1. The number of nitrogens with two attached hydrogens (primary N) is 1. The molecule has 0 bridgehead atoms. The Morgan fingerprint density at radius 3 is 2.65 bits per heavy atom. The fraction of sp³-hybridized carbons (Fsp3) is 0.0667. The van der Waals surface area contributed by atoms with E-state index < -0.39 is 0 Å². The molecule has 0 spiro atoms. The van der Waals surface area contributed by atoms with Crippen molar-refractivity contribution in [3.8, 4) is 11.8 Å². The highest BCUT2D eigenvalue weighted by Gasteiger charge is 2.10. The molecule has 0 aliphatic carbocycles. The average Bonchev–Trinajstić information content (AvgIpc) is 2.75. The summed E-state index contributed by atoms with van der Waals surface area (Å²) in [5, 5.41) is 8.66. The first-order valence-electron chi connectivity index (χ1n) is 6.09. The molecule has 3 rings (SSSR count). The second-order valence-electron chi connectivity index (χ2n) is 4.44. The van der Waals surface area contributed by atoms with E-state index in [1.807, 2.05) is 24.3 Å². The predicted molar refractivity (Wildman–Crippen MR) is 74.8 cm³/mol. The van der Waals surface area contributed by atoms with Gasteiger partial charge in [-0.15, -0.1) is 0 Å². The van der Waals surface area contributed by atoms with Gasteiger partial charge in [-0.25, -0.2) is 9.37 Å². The lowest BCUT2D eigenvalue weighted by Gasteiger charge is -2.07. The molecule has 20 heavy (non-hydrogen) atoms. The molecule has 2 N–H and O–H groups in total. The van der Waals surface area contributed by atoms with E-state index >= 15 is 0 Å². The first-order chi connectivity index (χ1) is 9.69. The number of anilines is 1. The van der Waals surface area contributed by atoms with Gasteiger partial charge in [-0.2, -0.15) is 5.26 Å². The Labute approximate surface area is 114 Å². The minimum atomic E-state index is -0.341. The molecule has 3 aromatic rings. The maximum absolute atomic E-state index is 13.2. The summed E-state index contributed by atoms with van der Waals surface area (Å²) in [4.78, 5) is 4.16. The molecule has 0 saturated carbocycles. The third-order valence-electron chi connectivity index (χ3n) is 3.12. The summed E-state index contributed by atoms with van der Waals surface area (Å²) in [5.74, 6) is -0.0369. The molecule has 0 aliphatic heterocycles. The van der Waals surface area contributed by atoms with Gasteiger partial charge in [0.1, 0.15) is 5.82 Å². The number of hydrogen-bond donors (Lipinski definition) is 1. The van der Waals surface area contributed by atoms with Crippen molar-refractivity contribution in [2.24, 2.45) is 0 Å². The number of nitrogen functional groups attached to an aromatic ring is 1. The normalized spacial score (nSPS) is 10.6. The summed E-state index contributed by atoms with van der Waals surface area (Å²) in [6.07, 6.45) is 0.367. The average molecular weight is 266 g/mol. The van der Waals surface area contributed by atoms with Gasteiger partial charge in [-0.3, -0.25) is 4.57 Å². The molecule has 0 unspecified atom stereocenters. The van der Waals surface area contributed by atoms with Gasteiger partial charge in [0.25, 0.3) is 0 Å². The van der Waals surface area contributed by atoms with E-state index in [2.05, 4.69) is 11.1 Å². The van der Waals surface area contributed by atoms with Crippen molar-refractivity contribution in [2.75, 3.05) is 5.73 Å². The van der Waals surface area contributed by atoms with E-state index in [4.69, 9.17) is 11.0 Å². The zero-order valence-electron chi connectivity index (χ0n) is 10.5. The van der Waals surface area contributed by atoms with Crippen LogP contribution in [0.3, 0.4) is 0 Å². The van der Waals surface area contributed by atoms with Crippen molar-refractivity contribution in [3.63, 3.8) is 0 Å². The maximum atomic E-state index is 13.2. The molecule has 98 valence electrons. The van der Waals surface area contributed by atoms with Gasteiger partial charge in [0.15, 0.2) is 0 Å². The molecule has 0 fully saturated rings. The predicted octanol–water partition coefficient (Wildman–Crippen LogP) is 2.81. The van der Waals surface area contributed by atoms with Gasteiger partial charge in [0, 0.05) is 11.8 Å². The summed E-state index contributed by atoms with van der Waals surface area (Å²) in [7, 11) is 0. The Balaban J connectivity index is 2.14. The minimum absolute atomic E-state index is 0.304. The van der Waals surface area contributed by atoms with Crippen LogP contribution in [-0.4, -0.2) is 9.55 Å². The monoisotopic (exact) mass is 266 g/mol. The van der Waals surface area contributed by atoms with Crippen LogP contribution in [0.25, 0.3) is 16.7 Å². The van der Waals surface area contributed by atoms with E-state index in [9.17, 15) is 4.39 Å². The zero-order valence-corrected chi connectivity index (χ0v) is 10.5. The van der Waals surface area contributed by atoms with Crippen molar-refractivity contribution in [2.45, 2.75) is 6.42 Å². The molecule has 1 heterocycles. The van der Waals surface area contributed by atoms with Gasteiger partial charge >= 0.3 is 0 Å². The summed E-state index contributed by atoms with van der Waals surface area (Å²) >= 11 is 0. The number of aromatic nitrogens is 2. The smallest absolute Gasteiger partial charge is 0.205 e. The Kier molecular flexibility index (Phi) is 2.84. The van der Waals surface area contributed by atoms with Gasteiger partial charge in [-0.05, 0) is 29.8 Å². The highest BCUT2D eigenvalue weighted by molar-refractivity contribution is 5.80. The second-order valence-corrected chi connectivity index (χ2v) is 4.44. The van der Waals surface area contributed by atoms with Gasteiger partial charge in [0.05, 0.1) is 23.5 Å². The fourth-order valence-electron chi connectivity index (χ4n) is 2.20. The van der Waals surface area contributed by atoms with Gasteiger partial charge in [0.2, 0.25) is 5.95 Å². The molecular weight excluding hydrogens is 255 g/mol. The van der Waals surface area contributed by atoms with E-state index in [1.165, 1.54) is 12.1 Å². The second kappa shape index (κ2) is 4.67. The van der Waals surface area contributed by atoms with Crippen LogP contribution in [0.5, 0.6) is 0 Å². The van der Waals surface area contributed by atoms with Crippen molar-refractivity contribution >= 4 is 17.0 Å². The quantitative estimate of drug-likeness (QED) is 0.775. The molecule has 5 heteroatoms. The van der Waals surface area contributed by atoms with Crippen LogP contribution in [0.2, 0.25) is 0 Å². The summed E-state index contributed by atoms with van der Waals surface area (Å²) in [5.41, 5.74) is 8.94. The summed E-state index contributed by atoms with van der Waals surface area (Å²) < 4.78 is 15.0. The standard InChI is InChI=1S/C15H11FN4/c16-11-3-6-14-13(9-11)19-15(18)20(14)12-4-1-10(2-5-12)7-8-17/h1-6,9H,7H2,(H2,18,19). The number of nitrogens with zero attached hydrogens (tertiary/aromatic N) is 3. The van der Waals surface area contributed by atoms with Crippen LogP contribution in [0, 0.1) is 17.1 Å². The minimum Gasteiger partial charge on any atom is -0.369 e. The largest absolute Gasteiger partial charge is 0.369 e. The zero-order chi connectivity index (χ0) is 14.1. The lowest BCUT2D eigenvalue weighted by Crippen LogP contribution is -2.00. The lowest BCUT2D eigenvalue weighted by atomic mass is 10.1. The van der Waals surface area contributed by atoms with E-state index in [1.54, 1.807) is 10.6 Å². The van der Waals surface area contributed by atoms with Crippen LogP contribution >= 0.6 is 0 Å². The van der Waals surface area contributed by atoms with Gasteiger partial charge in [-0.1, -0.05) is 12.1 Å². The first-order valence-corrected chi connectivity index (χ1v) is 6.09. The Morgan fingerprint density at radius 1 is 1.20 bits per heavy atom. The Hall–Kier alpha value is -2.87. The number of rotatable bonds is 2. The van der Waals surface area contributed by atoms with E-state index in [0.29, 0.717) is 17.9 Å². The van der Waals surface area contributed by atoms with Crippen molar-refractivity contribution in [1.29, 1.82) is 5.26 Å². The molecule has 0 amide bonds. The van der Waals surface area contributed by atoms with E-state index in [-0.39, 0.29) is 5.82 Å². The molecule has 0 radical (unpaired) electrons. The third kappa shape index (κ3) is 1.97. The Morgan fingerprint density at radius 2 is 1.95 bits per heavy atom. The number of hydrogen-bond acceptors (Lipinski definition) is 3. The SMILES string of the molecule is N#CCc1ccc(-n2c(N)nc3cc(F)ccc32)cc1. The topological polar surface area (TPSA) is 67.6 Å². The van der Waals surface area contributed by atoms with Crippen LogP contribution < -0.4 is 5.73 Å². The molecule has 0 aliphatic rings. The van der Waals surface area contributed by atoms with E-state index in [0.717, 1.165) is 16.8 Å². The van der Waals surface area contributed by atoms with Gasteiger partial charge < -0.3 is 5.73 Å². The van der Waals surface area contributed by atoms with Crippen LogP contribution in [-0.2, 0) is 6.42 Å². The number of halogens is 1. The van der Waals surface area contributed by atoms with Crippen molar-refractivity contribution in [1.82, 2.24) is 9.55 Å². The fourth-order valence-corrected chi connectivity index (χ4v) is 2.20. The third-order valence-corrected chi connectivity index (χ3v) is 3.12. The maximum Gasteiger partial charge on any atom is 0.205 e. The molecule has 2 aromatic carbocycles. The summed E-state index contributed by atoms with van der Waals surface area (Å²) in [6, 6.07) is 14.0. The molecular formula is C15H11FN4. The molecule has 0 saturated heterocycles. The Bertz CT molecular complexity index is 812.